The fourth-order valence-corrected chi connectivity index (χ4v) is 1.40. The van der Waals surface area contributed by atoms with E-state index in [1.807, 2.05) is 0 Å². The van der Waals surface area contributed by atoms with Gasteiger partial charge in [0.1, 0.15) is 5.78 Å². The largest absolute Gasteiger partial charge is 0.378 e. The number of carbonyl (C=O) groups excluding carboxylic acids is 1. The lowest BCUT2D eigenvalue weighted by Crippen LogP contribution is -2.07. The Kier molecular flexibility index (Phi) is 3.83. The van der Waals surface area contributed by atoms with Crippen LogP contribution in [0, 0.1) is 12.3 Å². The zero-order chi connectivity index (χ0) is 8.81. The van der Waals surface area contributed by atoms with Crippen molar-refractivity contribution in [2.24, 2.45) is 0 Å². The molecule has 12 heavy (non-hydrogen) atoms. The number of ether oxygens (including phenoxy) is 1. The van der Waals surface area contributed by atoms with E-state index in [9.17, 15) is 4.79 Å². The molecule has 1 heterocycles. The smallest absolute Gasteiger partial charge is 0.144 e. The lowest BCUT2D eigenvalue weighted by Gasteiger charge is -2.06. The van der Waals surface area contributed by atoms with Crippen LogP contribution in [0.25, 0.3) is 0 Å². The van der Waals surface area contributed by atoms with E-state index in [-0.39, 0.29) is 12.2 Å². The summed E-state index contributed by atoms with van der Waals surface area (Å²) in [5, 5.41) is 0. The highest BCUT2D eigenvalue weighted by Crippen LogP contribution is 2.16. The summed E-state index contributed by atoms with van der Waals surface area (Å²) < 4.78 is 5.38. The number of hydrogen-bond acceptors (Lipinski definition) is 2. The highest BCUT2D eigenvalue weighted by molar-refractivity contribution is 5.80. The van der Waals surface area contributed by atoms with Gasteiger partial charge in [0, 0.05) is 13.0 Å². The summed E-state index contributed by atoms with van der Waals surface area (Å²) in [4.78, 5) is 11.0. The maximum atomic E-state index is 11.0. The number of ketones is 1. The fourth-order valence-electron chi connectivity index (χ4n) is 1.40. The molecule has 66 valence electrons. The van der Waals surface area contributed by atoms with E-state index in [2.05, 4.69) is 5.92 Å². The van der Waals surface area contributed by atoms with Gasteiger partial charge in [-0.25, -0.2) is 0 Å². The number of Topliss-reactive ketones (excluding diaryl/α,β-unsaturated/α-hetero) is 1. The first-order valence-corrected chi connectivity index (χ1v) is 4.39. The molecular formula is C10H14O2. The van der Waals surface area contributed by atoms with E-state index in [0.717, 1.165) is 25.9 Å². The molecule has 0 aromatic rings. The molecule has 1 rings (SSSR count). The first-order chi connectivity index (χ1) is 5.83. The van der Waals surface area contributed by atoms with Crippen LogP contribution in [-0.2, 0) is 9.53 Å². The molecule has 0 spiro atoms. The number of hydrogen-bond donors (Lipinski definition) is 0. The lowest BCUT2D eigenvalue weighted by molar-refractivity contribution is -0.118. The van der Waals surface area contributed by atoms with Gasteiger partial charge in [-0.3, -0.25) is 4.79 Å². The minimum atomic E-state index is 0.160. The molecule has 2 heteroatoms. The Balaban J connectivity index is 2.08. The quantitative estimate of drug-likeness (QED) is 0.592. The molecule has 1 fully saturated rings. The Hall–Kier alpha value is -0.810. The van der Waals surface area contributed by atoms with Gasteiger partial charge in [0.05, 0.1) is 12.5 Å². The average Bonchev–Trinajstić information content (AvgIpc) is 2.53. The van der Waals surface area contributed by atoms with Crippen molar-refractivity contribution >= 4 is 5.78 Å². The highest BCUT2D eigenvalue weighted by Gasteiger charge is 2.15. The van der Waals surface area contributed by atoms with Crippen LogP contribution in [0.1, 0.15) is 32.1 Å². The number of terminal acetylenes is 1. The Morgan fingerprint density at radius 3 is 3.08 bits per heavy atom. The van der Waals surface area contributed by atoms with Crippen LogP contribution in [0.2, 0.25) is 0 Å². The van der Waals surface area contributed by atoms with Crippen LogP contribution in [0.5, 0.6) is 0 Å². The van der Waals surface area contributed by atoms with Crippen molar-refractivity contribution in [2.75, 3.05) is 6.61 Å². The van der Waals surface area contributed by atoms with Crippen molar-refractivity contribution in [1.29, 1.82) is 0 Å². The Bertz CT molecular complexity index is 185. The van der Waals surface area contributed by atoms with Gasteiger partial charge in [-0.15, -0.1) is 6.42 Å². The average molecular weight is 166 g/mol. The van der Waals surface area contributed by atoms with Gasteiger partial charge in [-0.1, -0.05) is 5.92 Å². The Morgan fingerprint density at radius 1 is 1.67 bits per heavy atom. The van der Waals surface area contributed by atoms with Crippen LogP contribution < -0.4 is 0 Å². The predicted molar refractivity (Wildman–Crippen MR) is 46.7 cm³/mol. The summed E-state index contributed by atoms with van der Waals surface area (Å²) in [5.74, 6) is 2.51. The molecule has 1 aliphatic heterocycles. The molecule has 0 N–H and O–H groups in total. The SMILES string of the molecule is C#CCC(=O)CCC1CCCO1. The summed E-state index contributed by atoms with van der Waals surface area (Å²) >= 11 is 0. The van der Waals surface area contributed by atoms with Crippen LogP contribution in [0.4, 0.5) is 0 Å². The molecular weight excluding hydrogens is 152 g/mol. The molecule has 1 aliphatic rings. The molecule has 0 aromatic carbocycles. The van der Waals surface area contributed by atoms with E-state index in [0.29, 0.717) is 12.5 Å². The van der Waals surface area contributed by atoms with Crippen LogP contribution in [0.15, 0.2) is 0 Å². The van der Waals surface area contributed by atoms with Crippen molar-refractivity contribution in [2.45, 2.75) is 38.2 Å². The highest BCUT2D eigenvalue weighted by atomic mass is 16.5. The maximum Gasteiger partial charge on any atom is 0.144 e. The van der Waals surface area contributed by atoms with Gasteiger partial charge in [0.25, 0.3) is 0 Å². The first kappa shape index (κ1) is 9.28. The van der Waals surface area contributed by atoms with Gasteiger partial charge >= 0.3 is 0 Å². The van der Waals surface area contributed by atoms with Gasteiger partial charge in [0.15, 0.2) is 0 Å². The first-order valence-electron chi connectivity index (χ1n) is 4.39. The molecule has 1 unspecified atom stereocenters. The maximum absolute atomic E-state index is 11.0. The van der Waals surface area contributed by atoms with E-state index in [1.54, 1.807) is 0 Å². The molecule has 0 aromatic heterocycles. The van der Waals surface area contributed by atoms with Crippen molar-refractivity contribution in [3.8, 4) is 12.3 Å². The summed E-state index contributed by atoms with van der Waals surface area (Å²) in [6.45, 7) is 0.855. The van der Waals surface area contributed by atoms with Gasteiger partial charge in [-0.2, -0.15) is 0 Å². The molecule has 0 radical (unpaired) electrons. The Morgan fingerprint density at radius 2 is 2.50 bits per heavy atom. The topological polar surface area (TPSA) is 26.3 Å². The van der Waals surface area contributed by atoms with Crippen LogP contribution >= 0.6 is 0 Å². The lowest BCUT2D eigenvalue weighted by atomic mass is 10.1. The second-order valence-electron chi connectivity index (χ2n) is 3.09. The van der Waals surface area contributed by atoms with Crippen LogP contribution in [0.3, 0.4) is 0 Å². The van der Waals surface area contributed by atoms with Gasteiger partial charge < -0.3 is 4.74 Å². The fraction of sp³-hybridized carbons (Fsp3) is 0.700. The standard InChI is InChI=1S/C10H14O2/c1-2-4-9(11)6-7-10-5-3-8-12-10/h1,10H,3-8H2. The van der Waals surface area contributed by atoms with Gasteiger partial charge in [0.2, 0.25) is 0 Å². The molecule has 0 saturated carbocycles. The third-order valence-electron chi connectivity index (χ3n) is 2.07. The zero-order valence-electron chi connectivity index (χ0n) is 7.21. The second kappa shape index (κ2) is 4.95. The summed E-state index contributed by atoms with van der Waals surface area (Å²) in [5.41, 5.74) is 0. The summed E-state index contributed by atoms with van der Waals surface area (Å²) in [6.07, 6.45) is 9.25. The minimum absolute atomic E-state index is 0.160. The van der Waals surface area contributed by atoms with E-state index < -0.39 is 0 Å². The van der Waals surface area contributed by atoms with Crippen molar-refractivity contribution in [1.82, 2.24) is 0 Å². The van der Waals surface area contributed by atoms with E-state index >= 15 is 0 Å². The van der Waals surface area contributed by atoms with Crippen molar-refractivity contribution in [3.63, 3.8) is 0 Å². The monoisotopic (exact) mass is 166 g/mol. The molecule has 0 amide bonds. The normalized spacial score (nSPS) is 22.1. The third-order valence-corrected chi connectivity index (χ3v) is 2.07. The third kappa shape index (κ3) is 3.06. The number of carbonyl (C=O) groups is 1. The van der Waals surface area contributed by atoms with Crippen molar-refractivity contribution in [3.05, 3.63) is 0 Å². The molecule has 1 saturated heterocycles. The summed E-state index contributed by atoms with van der Waals surface area (Å²) in [7, 11) is 0. The van der Waals surface area contributed by atoms with E-state index in [4.69, 9.17) is 11.2 Å². The zero-order valence-corrected chi connectivity index (χ0v) is 7.21. The molecule has 0 bridgehead atoms. The summed E-state index contributed by atoms with van der Waals surface area (Å²) in [6, 6.07) is 0. The minimum Gasteiger partial charge on any atom is -0.378 e. The predicted octanol–water partition coefficient (Wildman–Crippen LogP) is 1.54. The number of rotatable bonds is 4. The van der Waals surface area contributed by atoms with E-state index in [1.165, 1.54) is 0 Å². The molecule has 2 nitrogen and oxygen atoms in total. The Labute approximate surface area is 73.3 Å². The van der Waals surface area contributed by atoms with Crippen molar-refractivity contribution < 1.29 is 9.53 Å². The molecule has 0 aliphatic carbocycles. The second-order valence-corrected chi connectivity index (χ2v) is 3.09. The van der Waals surface area contributed by atoms with Gasteiger partial charge in [-0.05, 0) is 19.3 Å². The van der Waals surface area contributed by atoms with Crippen LogP contribution in [-0.4, -0.2) is 18.5 Å². The molecule has 1 atom stereocenters.